The first-order chi connectivity index (χ1) is 14.1. The number of carbonyl (C=O) groups is 2. The number of carbonyl (C=O) groups excluding carboxylic acids is 2. The average Bonchev–Trinajstić information content (AvgIpc) is 3.22. The third-order valence-electron chi connectivity index (χ3n) is 4.08. The van der Waals surface area contributed by atoms with Crippen LogP contribution >= 0.6 is 0 Å². The Balaban J connectivity index is 1.47. The van der Waals surface area contributed by atoms with Gasteiger partial charge in [-0.25, -0.2) is 0 Å². The number of hydrogen-bond acceptors (Lipinski definition) is 5. The largest absolute Gasteiger partial charge is 0.486 e. The minimum Gasteiger partial charge on any atom is -0.486 e. The number of nitrogens with zero attached hydrogens (tertiary/aromatic N) is 1. The highest BCUT2D eigenvalue weighted by Gasteiger charge is 2.13. The van der Waals surface area contributed by atoms with E-state index in [2.05, 4.69) is 15.8 Å². The van der Waals surface area contributed by atoms with Crippen molar-refractivity contribution in [3.8, 4) is 5.75 Å². The smallest absolute Gasteiger partial charge is 0.273 e. The molecule has 2 aromatic carbocycles. The number of hydrogen-bond donors (Lipinski definition) is 2. The molecule has 0 saturated carbocycles. The van der Waals surface area contributed by atoms with E-state index in [-0.39, 0.29) is 24.1 Å². The lowest BCUT2D eigenvalue weighted by Gasteiger charge is -2.07. The Morgan fingerprint density at radius 3 is 2.55 bits per heavy atom. The minimum absolute atomic E-state index is 0.0131. The van der Waals surface area contributed by atoms with Crippen molar-refractivity contribution in [1.29, 1.82) is 0 Å². The molecule has 7 heteroatoms. The standard InChI is InChI=1S/C22H23N3O4/c1-2-6-21(26)24-17-9-11-18(12-10-17)28-15-19-13-20(25-29-19)22(27)23-14-16-7-4-3-5-8-16/h3-5,7-13H,2,6,14-15H2,1H3,(H,23,27)(H,24,26). The third kappa shape index (κ3) is 6.21. The predicted molar refractivity (Wildman–Crippen MR) is 108 cm³/mol. The highest BCUT2D eigenvalue weighted by Crippen LogP contribution is 2.17. The molecule has 0 aliphatic heterocycles. The molecule has 0 fully saturated rings. The fourth-order valence-electron chi connectivity index (χ4n) is 2.60. The second kappa shape index (κ2) is 10.1. The molecule has 150 valence electrons. The maximum Gasteiger partial charge on any atom is 0.273 e. The molecule has 0 bridgehead atoms. The van der Waals surface area contributed by atoms with E-state index in [0.29, 0.717) is 30.2 Å². The van der Waals surface area contributed by atoms with Crippen LogP contribution in [0.25, 0.3) is 0 Å². The monoisotopic (exact) mass is 393 g/mol. The quantitative estimate of drug-likeness (QED) is 0.575. The molecule has 1 aromatic heterocycles. The van der Waals surface area contributed by atoms with Crippen molar-refractivity contribution in [2.24, 2.45) is 0 Å². The van der Waals surface area contributed by atoms with Gasteiger partial charge in [0.25, 0.3) is 5.91 Å². The Morgan fingerprint density at radius 2 is 1.83 bits per heavy atom. The number of nitrogens with one attached hydrogen (secondary N) is 2. The second-order valence-electron chi connectivity index (χ2n) is 6.46. The lowest BCUT2D eigenvalue weighted by molar-refractivity contribution is -0.116. The van der Waals surface area contributed by atoms with Gasteiger partial charge in [-0.05, 0) is 36.2 Å². The van der Waals surface area contributed by atoms with E-state index in [1.807, 2.05) is 37.3 Å². The predicted octanol–water partition coefficient (Wildman–Crippen LogP) is 3.92. The van der Waals surface area contributed by atoms with E-state index in [1.54, 1.807) is 30.3 Å². The van der Waals surface area contributed by atoms with Crippen LogP contribution in [0.2, 0.25) is 0 Å². The van der Waals surface area contributed by atoms with Gasteiger partial charge >= 0.3 is 0 Å². The Morgan fingerprint density at radius 1 is 1.07 bits per heavy atom. The van der Waals surface area contributed by atoms with Crippen LogP contribution in [-0.2, 0) is 17.9 Å². The van der Waals surface area contributed by atoms with Gasteiger partial charge in [0.15, 0.2) is 11.5 Å². The normalized spacial score (nSPS) is 10.4. The summed E-state index contributed by atoms with van der Waals surface area (Å²) in [5.74, 6) is 0.733. The number of aromatic nitrogens is 1. The number of ether oxygens (including phenoxy) is 1. The van der Waals surface area contributed by atoms with Gasteiger partial charge in [-0.3, -0.25) is 9.59 Å². The molecule has 0 aliphatic rings. The van der Waals surface area contributed by atoms with E-state index in [4.69, 9.17) is 9.26 Å². The first kappa shape index (κ1) is 20.1. The van der Waals surface area contributed by atoms with Crippen molar-refractivity contribution < 1.29 is 18.8 Å². The molecule has 1 heterocycles. The summed E-state index contributed by atoms with van der Waals surface area (Å²) >= 11 is 0. The van der Waals surface area contributed by atoms with Gasteiger partial charge in [-0.15, -0.1) is 0 Å². The Kier molecular flexibility index (Phi) is 7.00. The highest BCUT2D eigenvalue weighted by atomic mass is 16.5. The van der Waals surface area contributed by atoms with Gasteiger partial charge in [-0.2, -0.15) is 0 Å². The summed E-state index contributed by atoms with van der Waals surface area (Å²) in [6.07, 6.45) is 1.29. The summed E-state index contributed by atoms with van der Waals surface area (Å²) in [5, 5.41) is 9.40. The van der Waals surface area contributed by atoms with E-state index in [1.165, 1.54) is 0 Å². The third-order valence-corrected chi connectivity index (χ3v) is 4.08. The zero-order valence-corrected chi connectivity index (χ0v) is 16.2. The Labute approximate surface area is 169 Å². The van der Waals surface area contributed by atoms with Crippen LogP contribution < -0.4 is 15.4 Å². The lowest BCUT2D eigenvalue weighted by Crippen LogP contribution is -2.22. The minimum atomic E-state index is -0.309. The number of amides is 2. The van der Waals surface area contributed by atoms with E-state index >= 15 is 0 Å². The molecule has 2 N–H and O–H groups in total. The Hall–Kier alpha value is -3.61. The molecular formula is C22H23N3O4. The van der Waals surface area contributed by atoms with Gasteiger partial charge in [0.1, 0.15) is 12.4 Å². The van der Waals surface area contributed by atoms with E-state index in [9.17, 15) is 9.59 Å². The second-order valence-corrected chi connectivity index (χ2v) is 6.46. The molecule has 3 rings (SSSR count). The first-order valence-corrected chi connectivity index (χ1v) is 9.44. The van der Waals surface area contributed by atoms with Crippen LogP contribution in [-0.4, -0.2) is 17.0 Å². The van der Waals surface area contributed by atoms with Crippen molar-refractivity contribution in [3.05, 3.63) is 77.7 Å². The topological polar surface area (TPSA) is 93.5 Å². The molecular weight excluding hydrogens is 370 g/mol. The summed E-state index contributed by atoms with van der Waals surface area (Å²) < 4.78 is 10.8. The number of rotatable bonds is 9. The van der Waals surface area contributed by atoms with Crippen LogP contribution in [0, 0.1) is 0 Å². The fraction of sp³-hybridized carbons (Fsp3) is 0.227. The molecule has 0 aliphatic carbocycles. The van der Waals surface area contributed by atoms with E-state index < -0.39 is 0 Å². The van der Waals surface area contributed by atoms with Crippen molar-refractivity contribution in [2.45, 2.75) is 32.9 Å². The zero-order chi connectivity index (χ0) is 20.5. The maximum atomic E-state index is 12.2. The first-order valence-electron chi connectivity index (χ1n) is 9.44. The summed E-state index contributed by atoms with van der Waals surface area (Å²) in [4.78, 5) is 23.8. The van der Waals surface area contributed by atoms with Gasteiger partial charge in [0.2, 0.25) is 5.91 Å². The number of benzene rings is 2. The average molecular weight is 393 g/mol. The highest BCUT2D eigenvalue weighted by molar-refractivity contribution is 5.92. The van der Waals surface area contributed by atoms with Crippen molar-refractivity contribution in [3.63, 3.8) is 0 Å². The molecule has 3 aromatic rings. The van der Waals surface area contributed by atoms with Crippen molar-refractivity contribution >= 4 is 17.5 Å². The fourth-order valence-corrected chi connectivity index (χ4v) is 2.60. The van der Waals surface area contributed by atoms with Crippen LogP contribution in [0.3, 0.4) is 0 Å². The molecule has 0 radical (unpaired) electrons. The molecule has 0 spiro atoms. The van der Waals surface area contributed by atoms with Crippen LogP contribution in [0.15, 0.2) is 65.2 Å². The van der Waals surface area contributed by atoms with Crippen LogP contribution in [0.1, 0.15) is 41.6 Å². The van der Waals surface area contributed by atoms with Crippen molar-refractivity contribution in [1.82, 2.24) is 10.5 Å². The molecule has 7 nitrogen and oxygen atoms in total. The summed E-state index contributed by atoms with van der Waals surface area (Å²) in [6, 6.07) is 18.2. The molecule has 0 saturated heterocycles. The summed E-state index contributed by atoms with van der Waals surface area (Å²) in [7, 11) is 0. The summed E-state index contributed by atoms with van der Waals surface area (Å²) in [5.41, 5.74) is 1.92. The van der Waals surface area contributed by atoms with E-state index in [0.717, 1.165) is 12.0 Å². The van der Waals surface area contributed by atoms with Crippen LogP contribution in [0.5, 0.6) is 5.75 Å². The van der Waals surface area contributed by atoms with Gasteiger partial charge in [0.05, 0.1) is 0 Å². The van der Waals surface area contributed by atoms with Crippen molar-refractivity contribution in [2.75, 3.05) is 5.32 Å². The Bertz CT molecular complexity index is 936. The molecule has 0 atom stereocenters. The molecule has 29 heavy (non-hydrogen) atoms. The van der Waals surface area contributed by atoms with Gasteiger partial charge in [0, 0.05) is 24.7 Å². The number of anilines is 1. The molecule has 2 amide bonds. The van der Waals surface area contributed by atoms with Gasteiger partial charge < -0.3 is 19.9 Å². The molecule has 0 unspecified atom stereocenters. The van der Waals surface area contributed by atoms with Crippen LogP contribution in [0.4, 0.5) is 5.69 Å². The maximum absolute atomic E-state index is 12.2. The SMILES string of the molecule is CCCC(=O)Nc1ccc(OCc2cc(C(=O)NCc3ccccc3)no2)cc1. The lowest BCUT2D eigenvalue weighted by atomic mass is 10.2. The zero-order valence-electron chi connectivity index (χ0n) is 16.2. The van der Waals surface area contributed by atoms with Gasteiger partial charge in [-0.1, -0.05) is 42.4 Å². The summed E-state index contributed by atoms with van der Waals surface area (Å²) in [6.45, 7) is 2.51.